The second kappa shape index (κ2) is 7.61. The highest BCUT2D eigenvalue weighted by atomic mass is 16.5. The first kappa shape index (κ1) is 12.0. The molecule has 76 valence electrons. The molecule has 0 bridgehead atoms. The van der Waals surface area contributed by atoms with Crippen LogP contribution in [0.1, 0.15) is 13.3 Å². The molecule has 0 aromatic carbocycles. The number of carboxylic acid groups (broad SMARTS) is 1. The standard InChI is InChI=1S/C9H16O4/c1-8(9(10)11)4-3-5-13-7-6-12-2/h3,5,8H,4,6-7H2,1-2H3,(H,10,11)/b5-3+. The number of carbonyl (C=O) groups is 1. The Kier molecular flexibility index (Phi) is 7.01. The summed E-state index contributed by atoms with van der Waals surface area (Å²) in [4.78, 5) is 10.4. The zero-order valence-corrected chi connectivity index (χ0v) is 8.03. The third-order valence-electron chi connectivity index (χ3n) is 1.51. The molecule has 0 rings (SSSR count). The fourth-order valence-corrected chi connectivity index (χ4v) is 0.628. The second-order valence-corrected chi connectivity index (χ2v) is 2.71. The van der Waals surface area contributed by atoms with Crippen molar-refractivity contribution in [3.05, 3.63) is 12.3 Å². The number of ether oxygens (including phenoxy) is 2. The number of carboxylic acids is 1. The van der Waals surface area contributed by atoms with E-state index >= 15 is 0 Å². The Morgan fingerprint density at radius 1 is 1.54 bits per heavy atom. The van der Waals surface area contributed by atoms with Gasteiger partial charge in [-0.25, -0.2) is 0 Å². The van der Waals surface area contributed by atoms with E-state index in [2.05, 4.69) is 0 Å². The Morgan fingerprint density at radius 2 is 2.23 bits per heavy atom. The Balaban J connectivity index is 3.35. The summed E-state index contributed by atoms with van der Waals surface area (Å²) >= 11 is 0. The van der Waals surface area contributed by atoms with Crippen LogP contribution in [-0.4, -0.2) is 31.4 Å². The molecule has 0 aliphatic rings. The van der Waals surface area contributed by atoms with Crippen LogP contribution in [0.4, 0.5) is 0 Å². The third-order valence-corrected chi connectivity index (χ3v) is 1.51. The Bertz CT molecular complexity index is 165. The summed E-state index contributed by atoms with van der Waals surface area (Å²) in [7, 11) is 1.60. The van der Waals surface area contributed by atoms with Gasteiger partial charge in [0, 0.05) is 7.11 Å². The largest absolute Gasteiger partial charge is 0.499 e. The molecule has 0 saturated carbocycles. The minimum Gasteiger partial charge on any atom is -0.499 e. The maximum Gasteiger partial charge on any atom is 0.306 e. The van der Waals surface area contributed by atoms with E-state index in [1.165, 1.54) is 6.26 Å². The molecular formula is C9H16O4. The number of allylic oxidation sites excluding steroid dienone is 1. The van der Waals surface area contributed by atoms with Crippen molar-refractivity contribution < 1.29 is 19.4 Å². The van der Waals surface area contributed by atoms with Crippen LogP contribution >= 0.6 is 0 Å². The Labute approximate surface area is 78.2 Å². The molecule has 1 unspecified atom stereocenters. The zero-order valence-electron chi connectivity index (χ0n) is 8.03. The lowest BCUT2D eigenvalue weighted by Crippen LogP contribution is -2.07. The van der Waals surface area contributed by atoms with Crippen molar-refractivity contribution in [2.75, 3.05) is 20.3 Å². The monoisotopic (exact) mass is 188 g/mol. The van der Waals surface area contributed by atoms with Crippen molar-refractivity contribution in [2.45, 2.75) is 13.3 Å². The number of methoxy groups -OCH3 is 1. The molecule has 0 fully saturated rings. The zero-order chi connectivity index (χ0) is 10.1. The molecule has 0 saturated heterocycles. The lowest BCUT2D eigenvalue weighted by atomic mass is 10.1. The van der Waals surface area contributed by atoms with Crippen LogP contribution < -0.4 is 0 Å². The van der Waals surface area contributed by atoms with E-state index in [1.54, 1.807) is 20.1 Å². The molecule has 0 heterocycles. The van der Waals surface area contributed by atoms with Crippen LogP contribution in [0.25, 0.3) is 0 Å². The Hall–Kier alpha value is -1.03. The summed E-state index contributed by atoms with van der Waals surface area (Å²) < 4.78 is 9.76. The molecule has 4 heteroatoms. The lowest BCUT2D eigenvalue weighted by Gasteiger charge is -2.01. The van der Waals surface area contributed by atoms with Crippen LogP contribution in [0.15, 0.2) is 12.3 Å². The van der Waals surface area contributed by atoms with Crippen molar-refractivity contribution in [1.82, 2.24) is 0 Å². The van der Waals surface area contributed by atoms with Crippen LogP contribution in [0.5, 0.6) is 0 Å². The van der Waals surface area contributed by atoms with E-state index in [-0.39, 0.29) is 5.92 Å². The maximum absolute atomic E-state index is 10.4. The number of aliphatic carboxylic acids is 1. The molecule has 13 heavy (non-hydrogen) atoms. The second-order valence-electron chi connectivity index (χ2n) is 2.71. The molecule has 0 aromatic rings. The van der Waals surface area contributed by atoms with Crippen molar-refractivity contribution in [3.63, 3.8) is 0 Å². The molecule has 0 aliphatic heterocycles. The van der Waals surface area contributed by atoms with E-state index < -0.39 is 5.97 Å². The van der Waals surface area contributed by atoms with Crippen LogP contribution in [0.2, 0.25) is 0 Å². The SMILES string of the molecule is COCCO/C=C/CC(C)C(=O)O. The fraction of sp³-hybridized carbons (Fsp3) is 0.667. The number of hydrogen-bond donors (Lipinski definition) is 1. The van der Waals surface area contributed by atoms with Gasteiger partial charge in [0.1, 0.15) is 6.61 Å². The van der Waals surface area contributed by atoms with Crippen LogP contribution in [-0.2, 0) is 14.3 Å². The van der Waals surface area contributed by atoms with E-state index in [0.29, 0.717) is 19.6 Å². The fourth-order valence-electron chi connectivity index (χ4n) is 0.628. The summed E-state index contributed by atoms with van der Waals surface area (Å²) in [6.45, 7) is 2.69. The van der Waals surface area contributed by atoms with Crippen LogP contribution in [0, 0.1) is 5.92 Å². The number of rotatable bonds is 7. The van der Waals surface area contributed by atoms with Gasteiger partial charge in [-0.3, -0.25) is 4.79 Å². The molecular weight excluding hydrogens is 172 g/mol. The molecule has 1 atom stereocenters. The van der Waals surface area contributed by atoms with Crippen molar-refractivity contribution in [3.8, 4) is 0 Å². The predicted octanol–water partition coefficient (Wildman–Crippen LogP) is 1.27. The summed E-state index contributed by atoms with van der Waals surface area (Å²) in [6.07, 6.45) is 3.70. The predicted molar refractivity (Wildman–Crippen MR) is 48.4 cm³/mol. The molecule has 0 spiro atoms. The first-order valence-electron chi connectivity index (χ1n) is 4.16. The van der Waals surface area contributed by atoms with Crippen LogP contribution in [0.3, 0.4) is 0 Å². The van der Waals surface area contributed by atoms with Gasteiger partial charge in [0.05, 0.1) is 18.8 Å². The lowest BCUT2D eigenvalue weighted by molar-refractivity contribution is -0.140. The van der Waals surface area contributed by atoms with Crippen molar-refractivity contribution >= 4 is 5.97 Å². The van der Waals surface area contributed by atoms with Gasteiger partial charge >= 0.3 is 5.97 Å². The first-order valence-corrected chi connectivity index (χ1v) is 4.16. The number of hydrogen-bond acceptors (Lipinski definition) is 3. The van der Waals surface area contributed by atoms with Gasteiger partial charge in [0.15, 0.2) is 0 Å². The average Bonchev–Trinajstić information content (AvgIpc) is 2.10. The van der Waals surface area contributed by atoms with Gasteiger partial charge in [-0.05, 0) is 12.5 Å². The first-order chi connectivity index (χ1) is 6.18. The van der Waals surface area contributed by atoms with Gasteiger partial charge in [-0.1, -0.05) is 6.92 Å². The van der Waals surface area contributed by atoms with E-state index in [4.69, 9.17) is 14.6 Å². The Morgan fingerprint density at radius 3 is 2.77 bits per heavy atom. The maximum atomic E-state index is 10.4. The topological polar surface area (TPSA) is 55.8 Å². The molecule has 0 aromatic heterocycles. The molecule has 0 aliphatic carbocycles. The minimum atomic E-state index is -0.790. The summed E-state index contributed by atoms with van der Waals surface area (Å²) in [5.41, 5.74) is 0. The normalized spacial score (nSPS) is 13.1. The highest BCUT2D eigenvalue weighted by molar-refractivity contribution is 5.69. The summed E-state index contributed by atoms with van der Waals surface area (Å²) in [5, 5.41) is 8.53. The quantitative estimate of drug-likeness (QED) is 0.483. The average molecular weight is 188 g/mol. The smallest absolute Gasteiger partial charge is 0.306 e. The van der Waals surface area contributed by atoms with E-state index in [1.807, 2.05) is 0 Å². The molecule has 4 nitrogen and oxygen atoms in total. The van der Waals surface area contributed by atoms with E-state index in [0.717, 1.165) is 0 Å². The van der Waals surface area contributed by atoms with Gasteiger partial charge in [-0.15, -0.1) is 0 Å². The van der Waals surface area contributed by atoms with E-state index in [9.17, 15) is 4.79 Å². The highest BCUT2D eigenvalue weighted by Crippen LogP contribution is 2.02. The van der Waals surface area contributed by atoms with Gasteiger partial charge in [0.2, 0.25) is 0 Å². The van der Waals surface area contributed by atoms with Gasteiger partial charge in [0.25, 0.3) is 0 Å². The molecule has 0 amide bonds. The minimum absolute atomic E-state index is 0.359. The van der Waals surface area contributed by atoms with Crippen molar-refractivity contribution in [1.29, 1.82) is 0 Å². The summed E-state index contributed by atoms with van der Waals surface area (Å²) in [6, 6.07) is 0. The third kappa shape index (κ3) is 7.33. The van der Waals surface area contributed by atoms with Gasteiger partial charge < -0.3 is 14.6 Å². The molecule has 1 N–H and O–H groups in total. The molecule has 0 radical (unpaired) electrons. The van der Waals surface area contributed by atoms with Gasteiger partial charge in [-0.2, -0.15) is 0 Å². The summed E-state index contributed by atoms with van der Waals surface area (Å²) in [5.74, 6) is -1.15. The van der Waals surface area contributed by atoms with Crippen molar-refractivity contribution in [2.24, 2.45) is 5.92 Å². The highest BCUT2D eigenvalue weighted by Gasteiger charge is 2.07.